The van der Waals surface area contributed by atoms with Gasteiger partial charge in [-0.1, -0.05) is 12.1 Å². The molecule has 0 radical (unpaired) electrons. The van der Waals surface area contributed by atoms with Gasteiger partial charge in [0, 0.05) is 39.9 Å². The predicted octanol–water partition coefficient (Wildman–Crippen LogP) is 2.38. The van der Waals surface area contributed by atoms with E-state index in [1.165, 1.54) is 5.56 Å². The summed E-state index contributed by atoms with van der Waals surface area (Å²) in [7, 11) is 5.55. The number of methoxy groups -OCH3 is 2. The molecule has 1 aromatic rings. The number of nitrogens with one attached hydrogen (secondary N) is 2. The van der Waals surface area contributed by atoms with Crippen molar-refractivity contribution in [1.82, 2.24) is 15.5 Å². The van der Waals surface area contributed by atoms with Crippen molar-refractivity contribution < 1.29 is 9.47 Å². The molecule has 0 amide bonds. The van der Waals surface area contributed by atoms with Gasteiger partial charge in [-0.05, 0) is 44.5 Å². The van der Waals surface area contributed by atoms with Crippen LogP contribution in [0, 0.1) is 0 Å². The van der Waals surface area contributed by atoms with E-state index >= 15 is 0 Å². The topological polar surface area (TPSA) is 58.1 Å². The standard InChI is InChI=1S/C19H34N4O2.HI/c1-5-20-19(22-12-14-23(2)13-7-15-24-3)21-11-10-17-8-6-9-18(16-17)25-4;/h6,8-9,16H,5,7,10-15H2,1-4H3,(H2,20,21,22);1H. The summed E-state index contributed by atoms with van der Waals surface area (Å²) in [6.45, 7) is 7.33. The summed E-state index contributed by atoms with van der Waals surface area (Å²) < 4.78 is 10.3. The number of hydrogen-bond acceptors (Lipinski definition) is 4. The number of likely N-dealkylation sites (N-methyl/N-ethyl adjacent to an activating group) is 1. The highest BCUT2D eigenvalue weighted by Gasteiger charge is 2.01. The first-order valence-corrected chi connectivity index (χ1v) is 9.02. The molecule has 1 rings (SSSR count). The molecule has 0 unspecified atom stereocenters. The molecular formula is C19H35IN4O2. The molecule has 26 heavy (non-hydrogen) atoms. The van der Waals surface area contributed by atoms with Gasteiger partial charge in [0.05, 0.1) is 13.7 Å². The second-order valence-corrected chi connectivity index (χ2v) is 5.94. The normalized spacial score (nSPS) is 11.2. The van der Waals surface area contributed by atoms with Crippen LogP contribution >= 0.6 is 24.0 Å². The Morgan fingerprint density at radius 3 is 2.69 bits per heavy atom. The first kappa shape index (κ1) is 24.9. The monoisotopic (exact) mass is 478 g/mol. The van der Waals surface area contributed by atoms with E-state index < -0.39 is 0 Å². The molecule has 1 aromatic carbocycles. The Labute approximate surface area is 175 Å². The number of benzene rings is 1. The number of guanidine groups is 1. The maximum absolute atomic E-state index is 5.26. The van der Waals surface area contributed by atoms with E-state index in [0.29, 0.717) is 0 Å². The highest BCUT2D eigenvalue weighted by molar-refractivity contribution is 14.0. The largest absolute Gasteiger partial charge is 0.497 e. The van der Waals surface area contributed by atoms with Crippen LogP contribution in [0.4, 0.5) is 0 Å². The van der Waals surface area contributed by atoms with Gasteiger partial charge in [0.2, 0.25) is 0 Å². The third-order valence-corrected chi connectivity index (χ3v) is 3.82. The van der Waals surface area contributed by atoms with Gasteiger partial charge < -0.3 is 25.0 Å². The van der Waals surface area contributed by atoms with Crippen molar-refractivity contribution >= 4 is 29.9 Å². The molecule has 150 valence electrons. The van der Waals surface area contributed by atoms with E-state index in [1.807, 2.05) is 12.1 Å². The van der Waals surface area contributed by atoms with Crippen molar-refractivity contribution in [3.05, 3.63) is 29.8 Å². The average molecular weight is 478 g/mol. The van der Waals surface area contributed by atoms with E-state index in [0.717, 1.165) is 63.9 Å². The third kappa shape index (κ3) is 11.5. The molecule has 7 heteroatoms. The summed E-state index contributed by atoms with van der Waals surface area (Å²) in [5, 5.41) is 6.69. The molecule has 0 fully saturated rings. The lowest BCUT2D eigenvalue weighted by molar-refractivity contribution is 0.180. The summed E-state index contributed by atoms with van der Waals surface area (Å²) >= 11 is 0. The van der Waals surface area contributed by atoms with Crippen molar-refractivity contribution in [2.24, 2.45) is 4.99 Å². The molecule has 0 saturated carbocycles. The summed E-state index contributed by atoms with van der Waals surface area (Å²) in [6.07, 6.45) is 1.98. The molecule has 0 aliphatic carbocycles. The van der Waals surface area contributed by atoms with Crippen LogP contribution < -0.4 is 15.4 Å². The van der Waals surface area contributed by atoms with Gasteiger partial charge >= 0.3 is 0 Å². The minimum absolute atomic E-state index is 0. The number of halogens is 1. The van der Waals surface area contributed by atoms with Gasteiger partial charge in [-0.2, -0.15) is 0 Å². The molecular weight excluding hydrogens is 443 g/mol. The zero-order chi connectivity index (χ0) is 18.3. The van der Waals surface area contributed by atoms with Crippen LogP contribution in [0.2, 0.25) is 0 Å². The fraction of sp³-hybridized carbons (Fsp3) is 0.632. The smallest absolute Gasteiger partial charge is 0.191 e. The number of ether oxygens (including phenoxy) is 2. The molecule has 6 nitrogen and oxygen atoms in total. The lowest BCUT2D eigenvalue weighted by atomic mass is 10.1. The fourth-order valence-electron chi connectivity index (χ4n) is 2.42. The summed E-state index contributed by atoms with van der Waals surface area (Å²) in [5.41, 5.74) is 1.25. The molecule has 0 saturated heterocycles. The highest BCUT2D eigenvalue weighted by atomic mass is 127. The SMILES string of the molecule is CCNC(=NCCN(C)CCCOC)NCCc1cccc(OC)c1.I. The van der Waals surface area contributed by atoms with E-state index in [4.69, 9.17) is 9.47 Å². The van der Waals surface area contributed by atoms with Crippen LogP contribution in [0.3, 0.4) is 0 Å². The zero-order valence-electron chi connectivity index (χ0n) is 16.6. The lowest BCUT2D eigenvalue weighted by Crippen LogP contribution is -2.39. The molecule has 0 aliphatic heterocycles. The molecule has 0 atom stereocenters. The Kier molecular flexibility index (Phi) is 15.5. The Bertz CT molecular complexity index is 500. The van der Waals surface area contributed by atoms with E-state index in [2.05, 4.69) is 46.6 Å². The van der Waals surface area contributed by atoms with Crippen molar-refractivity contribution in [1.29, 1.82) is 0 Å². The molecule has 2 N–H and O–H groups in total. The molecule has 0 aromatic heterocycles. The number of hydrogen-bond donors (Lipinski definition) is 2. The second kappa shape index (κ2) is 16.1. The van der Waals surface area contributed by atoms with Crippen molar-refractivity contribution in [3.63, 3.8) is 0 Å². The zero-order valence-corrected chi connectivity index (χ0v) is 18.9. The Balaban J connectivity index is 0.00000625. The number of nitrogens with zero attached hydrogens (tertiary/aromatic N) is 2. The molecule has 0 heterocycles. The first-order chi connectivity index (χ1) is 12.2. The van der Waals surface area contributed by atoms with E-state index in [1.54, 1.807) is 14.2 Å². The van der Waals surface area contributed by atoms with Crippen molar-refractivity contribution in [2.45, 2.75) is 19.8 Å². The van der Waals surface area contributed by atoms with Crippen LogP contribution in [-0.4, -0.2) is 71.5 Å². The summed E-state index contributed by atoms with van der Waals surface area (Å²) in [5.74, 6) is 1.77. The third-order valence-electron chi connectivity index (χ3n) is 3.82. The summed E-state index contributed by atoms with van der Waals surface area (Å²) in [4.78, 5) is 6.92. The Morgan fingerprint density at radius 2 is 2.00 bits per heavy atom. The van der Waals surface area contributed by atoms with E-state index in [9.17, 15) is 0 Å². The average Bonchev–Trinajstić information content (AvgIpc) is 2.62. The first-order valence-electron chi connectivity index (χ1n) is 9.02. The molecule has 0 aliphatic rings. The van der Waals surface area contributed by atoms with Crippen LogP contribution in [-0.2, 0) is 11.2 Å². The van der Waals surface area contributed by atoms with Gasteiger partial charge in [-0.25, -0.2) is 0 Å². The van der Waals surface area contributed by atoms with Crippen LogP contribution in [0.15, 0.2) is 29.3 Å². The minimum atomic E-state index is 0. The molecule has 0 bridgehead atoms. The van der Waals surface area contributed by atoms with Crippen molar-refractivity contribution in [3.8, 4) is 5.75 Å². The van der Waals surface area contributed by atoms with Gasteiger partial charge in [-0.15, -0.1) is 24.0 Å². The van der Waals surface area contributed by atoms with Crippen molar-refractivity contribution in [2.75, 3.05) is 60.6 Å². The highest BCUT2D eigenvalue weighted by Crippen LogP contribution is 2.12. The number of aliphatic imine (C=N–C) groups is 1. The van der Waals surface area contributed by atoms with Crippen LogP contribution in [0.25, 0.3) is 0 Å². The van der Waals surface area contributed by atoms with E-state index in [-0.39, 0.29) is 24.0 Å². The van der Waals surface area contributed by atoms with Gasteiger partial charge in [0.15, 0.2) is 5.96 Å². The minimum Gasteiger partial charge on any atom is -0.497 e. The lowest BCUT2D eigenvalue weighted by Gasteiger charge is -2.16. The Hall–Kier alpha value is -1.06. The van der Waals surface area contributed by atoms with Gasteiger partial charge in [0.25, 0.3) is 0 Å². The van der Waals surface area contributed by atoms with Crippen LogP contribution in [0.1, 0.15) is 18.9 Å². The second-order valence-electron chi connectivity index (χ2n) is 5.94. The fourth-order valence-corrected chi connectivity index (χ4v) is 2.42. The number of rotatable bonds is 12. The van der Waals surface area contributed by atoms with Gasteiger partial charge in [0.1, 0.15) is 5.75 Å². The van der Waals surface area contributed by atoms with Gasteiger partial charge in [-0.3, -0.25) is 4.99 Å². The predicted molar refractivity (Wildman–Crippen MR) is 120 cm³/mol. The summed E-state index contributed by atoms with van der Waals surface area (Å²) in [6, 6.07) is 8.17. The quantitative estimate of drug-likeness (QED) is 0.209. The maximum Gasteiger partial charge on any atom is 0.191 e. The maximum atomic E-state index is 5.26. The van der Waals surface area contributed by atoms with Crippen LogP contribution in [0.5, 0.6) is 5.75 Å². The molecule has 0 spiro atoms. The Morgan fingerprint density at radius 1 is 1.19 bits per heavy atom.